The number of likely N-dealkylation sites (N-methyl/N-ethyl adjacent to an activating group) is 1. The second-order valence-electron chi connectivity index (χ2n) is 6.57. The van der Waals surface area contributed by atoms with Crippen LogP contribution in [-0.4, -0.2) is 44.5 Å². The summed E-state index contributed by atoms with van der Waals surface area (Å²) < 4.78 is 1.69. The van der Waals surface area contributed by atoms with Gasteiger partial charge in [-0.15, -0.1) is 5.10 Å². The van der Waals surface area contributed by atoms with E-state index in [-0.39, 0.29) is 18.1 Å². The second-order valence-corrected chi connectivity index (χ2v) is 6.57. The van der Waals surface area contributed by atoms with Gasteiger partial charge in [0.25, 0.3) is 5.91 Å². The highest BCUT2D eigenvalue weighted by Crippen LogP contribution is 2.14. The number of hydrogen-bond donors (Lipinski definition) is 1. The molecule has 0 aliphatic carbocycles. The summed E-state index contributed by atoms with van der Waals surface area (Å²) in [5.41, 5.74) is 2.35. The van der Waals surface area contributed by atoms with Crippen molar-refractivity contribution in [1.29, 1.82) is 0 Å². The van der Waals surface area contributed by atoms with E-state index in [9.17, 15) is 9.90 Å². The number of nitrogens with zero attached hydrogens (tertiary/aromatic N) is 4. The minimum Gasteiger partial charge on any atom is -0.387 e. The SMILES string of the molecule is CN(C[C@@H](O)c1ccccc1)C(=O)c1cn(CCCc2ccccc2)nn1. The van der Waals surface area contributed by atoms with Gasteiger partial charge in [-0.25, -0.2) is 0 Å². The van der Waals surface area contributed by atoms with E-state index in [1.54, 1.807) is 17.9 Å². The van der Waals surface area contributed by atoms with Crippen LogP contribution < -0.4 is 0 Å². The molecule has 6 heteroatoms. The number of aromatic nitrogens is 3. The van der Waals surface area contributed by atoms with Crippen LogP contribution in [0.15, 0.2) is 66.9 Å². The van der Waals surface area contributed by atoms with Crippen LogP contribution in [-0.2, 0) is 13.0 Å². The molecule has 1 heterocycles. The predicted octanol–water partition coefficient (Wildman–Crippen LogP) is 2.72. The highest BCUT2D eigenvalue weighted by Gasteiger charge is 2.19. The average molecular weight is 364 g/mol. The first-order valence-corrected chi connectivity index (χ1v) is 9.06. The summed E-state index contributed by atoms with van der Waals surface area (Å²) in [6.45, 7) is 0.898. The maximum atomic E-state index is 12.5. The Balaban J connectivity index is 1.51. The van der Waals surface area contributed by atoms with E-state index in [0.717, 1.165) is 18.4 Å². The zero-order valence-corrected chi connectivity index (χ0v) is 15.4. The maximum absolute atomic E-state index is 12.5. The van der Waals surface area contributed by atoms with Crippen molar-refractivity contribution < 1.29 is 9.90 Å². The Labute approximate surface area is 159 Å². The number of aryl methyl sites for hydroxylation is 2. The summed E-state index contributed by atoms with van der Waals surface area (Å²) in [6.07, 6.45) is 2.80. The van der Waals surface area contributed by atoms with Crippen LogP contribution in [0, 0.1) is 0 Å². The molecule has 0 aliphatic rings. The lowest BCUT2D eigenvalue weighted by Gasteiger charge is -2.20. The van der Waals surface area contributed by atoms with E-state index >= 15 is 0 Å². The van der Waals surface area contributed by atoms with E-state index < -0.39 is 6.10 Å². The van der Waals surface area contributed by atoms with Crippen LogP contribution in [0.5, 0.6) is 0 Å². The number of rotatable bonds is 8. The van der Waals surface area contributed by atoms with Crippen molar-refractivity contribution in [2.45, 2.75) is 25.5 Å². The van der Waals surface area contributed by atoms with Crippen molar-refractivity contribution in [2.75, 3.05) is 13.6 Å². The van der Waals surface area contributed by atoms with E-state index in [0.29, 0.717) is 6.54 Å². The molecule has 0 aliphatic heterocycles. The molecule has 0 bridgehead atoms. The van der Waals surface area contributed by atoms with Gasteiger partial charge >= 0.3 is 0 Å². The number of carbonyl (C=O) groups is 1. The fraction of sp³-hybridized carbons (Fsp3) is 0.286. The Morgan fingerprint density at radius 3 is 2.48 bits per heavy atom. The lowest BCUT2D eigenvalue weighted by Crippen LogP contribution is -2.31. The third-order valence-electron chi connectivity index (χ3n) is 4.43. The average Bonchev–Trinajstić information content (AvgIpc) is 3.17. The summed E-state index contributed by atoms with van der Waals surface area (Å²) in [6, 6.07) is 19.6. The van der Waals surface area contributed by atoms with Gasteiger partial charge in [0, 0.05) is 13.6 Å². The van der Waals surface area contributed by atoms with Crippen LogP contribution >= 0.6 is 0 Å². The monoisotopic (exact) mass is 364 g/mol. The van der Waals surface area contributed by atoms with Crippen LogP contribution in [0.1, 0.15) is 34.1 Å². The molecule has 0 unspecified atom stereocenters. The molecular formula is C21H24N4O2. The van der Waals surface area contributed by atoms with Crippen molar-refractivity contribution >= 4 is 5.91 Å². The smallest absolute Gasteiger partial charge is 0.275 e. The third kappa shape index (κ3) is 5.24. The minimum atomic E-state index is -0.735. The molecule has 1 N–H and O–H groups in total. The summed E-state index contributed by atoms with van der Waals surface area (Å²) in [7, 11) is 1.66. The molecule has 0 spiro atoms. The summed E-state index contributed by atoms with van der Waals surface area (Å²) in [4.78, 5) is 14.0. The molecule has 2 aromatic carbocycles. The van der Waals surface area contributed by atoms with E-state index in [1.165, 1.54) is 10.5 Å². The van der Waals surface area contributed by atoms with Gasteiger partial charge in [-0.1, -0.05) is 65.9 Å². The van der Waals surface area contributed by atoms with Crippen LogP contribution in [0.4, 0.5) is 0 Å². The van der Waals surface area contributed by atoms with Crippen molar-refractivity contribution in [3.63, 3.8) is 0 Å². The number of aliphatic hydroxyl groups is 1. The Morgan fingerprint density at radius 2 is 1.78 bits per heavy atom. The number of amides is 1. The first-order chi connectivity index (χ1) is 13.1. The van der Waals surface area contributed by atoms with Gasteiger partial charge in [0.05, 0.1) is 18.8 Å². The summed E-state index contributed by atoms with van der Waals surface area (Å²) in [5, 5.41) is 18.3. The Bertz CT molecular complexity index is 849. The van der Waals surface area contributed by atoms with Crippen LogP contribution in [0.3, 0.4) is 0 Å². The molecular weight excluding hydrogens is 340 g/mol. The molecule has 3 aromatic rings. The second kappa shape index (κ2) is 9.09. The highest BCUT2D eigenvalue weighted by molar-refractivity contribution is 5.91. The van der Waals surface area contributed by atoms with E-state index in [2.05, 4.69) is 22.4 Å². The molecule has 0 radical (unpaired) electrons. The van der Waals surface area contributed by atoms with Gasteiger partial charge in [-0.3, -0.25) is 9.48 Å². The fourth-order valence-corrected chi connectivity index (χ4v) is 2.91. The van der Waals surface area contributed by atoms with Gasteiger partial charge in [0.2, 0.25) is 0 Å². The zero-order chi connectivity index (χ0) is 19.1. The van der Waals surface area contributed by atoms with Crippen molar-refractivity contribution in [1.82, 2.24) is 19.9 Å². The number of benzene rings is 2. The van der Waals surface area contributed by atoms with Crippen molar-refractivity contribution in [2.24, 2.45) is 0 Å². The van der Waals surface area contributed by atoms with Gasteiger partial charge in [0.1, 0.15) is 0 Å². The molecule has 0 fully saturated rings. The van der Waals surface area contributed by atoms with E-state index in [1.807, 2.05) is 48.5 Å². The molecule has 27 heavy (non-hydrogen) atoms. The van der Waals surface area contributed by atoms with Gasteiger partial charge in [-0.2, -0.15) is 0 Å². The van der Waals surface area contributed by atoms with Crippen LogP contribution in [0.25, 0.3) is 0 Å². The van der Waals surface area contributed by atoms with Crippen LogP contribution in [0.2, 0.25) is 0 Å². The quantitative estimate of drug-likeness (QED) is 0.667. The zero-order valence-electron chi connectivity index (χ0n) is 15.4. The maximum Gasteiger partial charge on any atom is 0.275 e. The Morgan fingerprint density at radius 1 is 1.11 bits per heavy atom. The largest absolute Gasteiger partial charge is 0.387 e. The molecule has 1 amide bonds. The molecule has 6 nitrogen and oxygen atoms in total. The molecule has 1 aromatic heterocycles. The lowest BCUT2D eigenvalue weighted by molar-refractivity contribution is 0.0675. The van der Waals surface area contributed by atoms with Crippen molar-refractivity contribution in [3.05, 3.63) is 83.7 Å². The van der Waals surface area contributed by atoms with Gasteiger partial charge < -0.3 is 10.0 Å². The number of hydrogen-bond acceptors (Lipinski definition) is 4. The first kappa shape index (κ1) is 18.8. The van der Waals surface area contributed by atoms with E-state index in [4.69, 9.17) is 0 Å². The number of aliphatic hydroxyl groups excluding tert-OH is 1. The standard InChI is InChI=1S/C21H24N4O2/c1-24(16-20(26)18-12-6-3-7-13-18)21(27)19-15-25(23-22-19)14-8-11-17-9-4-2-5-10-17/h2-7,9-10,12-13,15,20,26H,8,11,14,16H2,1H3/t20-/m1/s1. The van der Waals surface area contributed by atoms with Crippen molar-refractivity contribution in [3.8, 4) is 0 Å². The van der Waals surface area contributed by atoms with Gasteiger partial charge in [-0.05, 0) is 24.0 Å². The number of carbonyl (C=O) groups excluding carboxylic acids is 1. The first-order valence-electron chi connectivity index (χ1n) is 9.06. The fourth-order valence-electron chi connectivity index (χ4n) is 2.91. The Hall–Kier alpha value is -2.99. The summed E-state index contributed by atoms with van der Waals surface area (Å²) in [5.74, 6) is -0.251. The lowest BCUT2D eigenvalue weighted by atomic mass is 10.1. The molecule has 3 rings (SSSR count). The molecule has 0 saturated heterocycles. The molecule has 1 atom stereocenters. The Kier molecular flexibility index (Phi) is 6.33. The topological polar surface area (TPSA) is 71.2 Å². The predicted molar refractivity (Wildman–Crippen MR) is 103 cm³/mol. The highest BCUT2D eigenvalue weighted by atomic mass is 16.3. The summed E-state index contributed by atoms with van der Waals surface area (Å²) >= 11 is 0. The normalized spacial score (nSPS) is 11.9. The van der Waals surface area contributed by atoms with Gasteiger partial charge in [0.15, 0.2) is 5.69 Å². The minimum absolute atomic E-state index is 0.198. The third-order valence-corrected chi connectivity index (χ3v) is 4.43. The molecule has 0 saturated carbocycles. The molecule has 140 valence electrons.